The van der Waals surface area contributed by atoms with Crippen LogP contribution in [0.1, 0.15) is 37.0 Å². The summed E-state index contributed by atoms with van der Waals surface area (Å²) in [6.07, 6.45) is -0.625. The smallest absolute Gasteiger partial charge is 0.326 e. The van der Waals surface area contributed by atoms with E-state index in [1.54, 1.807) is 17.2 Å². The first kappa shape index (κ1) is 21.6. The molecule has 0 radical (unpaired) electrons. The lowest BCUT2D eigenvalue weighted by Gasteiger charge is -2.28. The van der Waals surface area contributed by atoms with Gasteiger partial charge in [0.2, 0.25) is 0 Å². The third-order valence-corrected chi connectivity index (χ3v) is 4.74. The molecule has 1 aromatic carbocycles. The minimum Gasteiger partial charge on any atom is -0.326 e. The minimum absolute atomic E-state index is 0.0494. The SMILES string of the molecule is C=N/C(CC)=C(/C(=C)c1cc(Br)c(C#N)c(C(F)(F)F)c1)N1C=C(C)C=NC1. The molecule has 0 saturated heterocycles. The fraction of sp³-hybridized carbons (Fsp3) is 0.250. The first-order valence-corrected chi connectivity index (χ1v) is 9.08. The van der Waals surface area contributed by atoms with Crippen LogP contribution in [-0.2, 0) is 6.18 Å². The second-order valence-corrected chi connectivity index (χ2v) is 6.93. The van der Waals surface area contributed by atoms with Gasteiger partial charge in [0.1, 0.15) is 12.7 Å². The predicted molar refractivity (Wildman–Crippen MR) is 109 cm³/mol. The number of hydrogen-bond acceptors (Lipinski definition) is 4. The average Bonchev–Trinajstić information content (AvgIpc) is 2.64. The maximum Gasteiger partial charge on any atom is 0.417 e. The summed E-state index contributed by atoms with van der Waals surface area (Å²) in [5.41, 5.74) is 1.08. The largest absolute Gasteiger partial charge is 0.417 e. The first-order chi connectivity index (χ1) is 13.1. The summed E-state index contributed by atoms with van der Waals surface area (Å²) in [6.45, 7) is 11.6. The maximum absolute atomic E-state index is 13.5. The lowest BCUT2D eigenvalue weighted by molar-refractivity contribution is -0.137. The quantitative estimate of drug-likeness (QED) is 0.412. The third-order valence-electron chi connectivity index (χ3n) is 4.12. The van der Waals surface area contributed by atoms with Gasteiger partial charge in [-0.3, -0.25) is 9.98 Å². The van der Waals surface area contributed by atoms with Crippen molar-refractivity contribution in [3.8, 4) is 6.07 Å². The molecular formula is C20H18BrF3N4. The number of benzene rings is 1. The van der Waals surface area contributed by atoms with Gasteiger partial charge in [0.25, 0.3) is 0 Å². The maximum atomic E-state index is 13.5. The zero-order valence-electron chi connectivity index (χ0n) is 15.4. The van der Waals surface area contributed by atoms with Crippen molar-refractivity contribution >= 4 is 34.4 Å². The molecule has 1 aliphatic rings. The van der Waals surface area contributed by atoms with Crippen LogP contribution in [0.5, 0.6) is 0 Å². The highest BCUT2D eigenvalue weighted by molar-refractivity contribution is 9.10. The number of aliphatic imine (C=N–C) groups is 2. The molecule has 0 spiro atoms. The highest BCUT2D eigenvalue weighted by Gasteiger charge is 2.35. The Labute approximate surface area is 170 Å². The van der Waals surface area contributed by atoms with Gasteiger partial charge >= 0.3 is 6.18 Å². The van der Waals surface area contributed by atoms with E-state index in [4.69, 9.17) is 5.26 Å². The van der Waals surface area contributed by atoms with Crippen LogP contribution >= 0.6 is 15.9 Å². The Morgan fingerprint density at radius 3 is 2.61 bits per heavy atom. The zero-order chi connectivity index (χ0) is 21.1. The third kappa shape index (κ3) is 4.42. The molecule has 0 atom stereocenters. The van der Waals surface area contributed by atoms with E-state index in [9.17, 15) is 13.2 Å². The monoisotopic (exact) mass is 450 g/mol. The number of nitrogens with zero attached hydrogens (tertiary/aromatic N) is 4. The molecule has 0 aromatic heterocycles. The summed E-state index contributed by atoms with van der Waals surface area (Å²) in [6, 6.07) is 3.99. The second kappa shape index (κ2) is 8.57. The van der Waals surface area contributed by atoms with Crippen molar-refractivity contribution in [2.45, 2.75) is 26.4 Å². The van der Waals surface area contributed by atoms with Crippen LogP contribution in [0, 0.1) is 11.3 Å². The van der Waals surface area contributed by atoms with Crippen LogP contribution in [0.15, 0.2) is 56.3 Å². The Morgan fingerprint density at radius 1 is 1.43 bits per heavy atom. The molecule has 28 heavy (non-hydrogen) atoms. The molecule has 0 fully saturated rings. The summed E-state index contributed by atoms with van der Waals surface area (Å²) < 4.78 is 40.5. The van der Waals surface area contributed by atoms with Crippen molar-refractivity contribution in [3.63, 3.8) is 0 Å². The summed E-state index contributed by atoms with van der Waals surface area (Å²) in [4.78, 5) is 10.1. The molecule has 1 aliphatic heterocycles. The van der Waals surface area contributed by atoms with Crippen molar-refractivity contribution in [2.75, 3.05) is 6.67 Å². The van der Waals surface area contributed by atoms with Crippen LogP contribution in [0.4, 0.5) is 13.2 Å². The number of nitriles is 1. The molecule has 1 heterocycles. The fourth-order valence-corrected chi connectivity index (χ4v) is 3.40. The molecule has 0 bridgehead atoms. The number of allylic oxidation sites excluding steroid dienone is 3. The standard InChI is InChI=1S/C20H18BrF3N4/c1-5-18(26-4)19(28-10-12(2)9-27-11-28)13(3)14-6-16(20(22,23)24)15(8-25)17(21)7-14/h6-7,9-10H,3-5,11H2,1-2H3/b19-18-. The van der Waals surface area contributed by atoms with Crippen molar-refractivity contribution in [1.29, 1.82) is 5.26 Å². The molecule has 0 N–H and O–H groups in total. The molecule has 2 rings (SSSR count). The normalized spacial score (nSPS) is 14.9. The minimum atomic E-state index is -4.68. The number of alkyl halides is 3. The van der Waals surface area contributed by atoms with Gasteiger partial charge < -0.3 is 4.90 Å². The molecule has 0 aliphatic carbocycles. The van der Waals surface area contributed by atoms with Crippen LogP contribution in [0.25, 0.3) is 5.57 Å². The van der Waals surface area contributed by atoms with Gasteiger partial charge in [0.05, 0.1) is 22.5 Å². The van der Waals surface area contributed by atoms with E-state index in [0.29, 0.717) is 23.4 Å². The Balaban J connectivity index is 2.68. The average molecular weight is 451 g/mol. The number of hydrogen-bond donors (Lipinski definition) is 0. The van der Waals surface area contributed by atoms with Crippen LogP contribution < -0.4 is 0 Å². The van der Waals surface area contributed by atoms with Gasteiger partial charge in [-0.15, -0.1) is 0 Å². The van der Waals surface area contributed by atoms with E-state index in [1.807, 2.05) is 20.0 Å². The first-order valence-electron chi connectivity index (χ1n) is 8.29. The van der Waals surface area contributed by atoms with Crippen LogP contribution in [-0.4, -0.2) is 24.5 Å². The van der Waals surface area contributed by atoms with Gasteiger partial charge in [0.15, 0.2) is 0 Å². The van der Waals surface area contributed by atoms with Gasteiger partial charge in [-0.1, -0.05) is 13.5 Å². The van der Waals surface area contributed by atoms with E-state index >= 15 is 0 Å². The van der Waals surface area contributed by atoms with E-state index in [1.165, 1.54) is 6.07 Å². The van der Waals surface area contributed by atoms with Crippen molar-refractivity contribution in [2.24, 2.45) is 9.98 Å². The molecule has 0 unspecified atom stereocenters. The van der Waals surface area contributed by atoms with Crippen molar-refractivity contribution in [1.82, 2.24) is 4.90 Å². The zero-order valence-corrected chi connectivity index (χ0v) is 17.0. The molecule has 146 valence electrons. The van der Waals surface area contributed by atoms with E-state index < -0.39 is 17.3 Å². The highest BCUT2D eigenvalue weighted by Crippen LogP contribution is 2.39. The van der Waals surface area contributed by atoms with Crippen molar-refractivity contribution in [3.05, 3.63) is 63.0 Å². The Hall–Kier alpha value is -2.66. The Bertz CT molecular complexity index is 949. The van der Waals surface area contributed by atoms with Gasteiger partial charge in [-0.25, -0.2) is 0 Å². The number of rotatable bonds is 5. The van der Waals surface area contributed by atoms with E-state index in [-0.39, 0.29) is 16.7 Å². The fourth-order valence-electron chi connectivity index (χ4n) is 2.85. The molecule has 1 aromatic rings. The van der Waals surface area contributed by atoms with Gasteiger partial charge in [-0.2, -0.15) is 18.4 Å². The van der Waals surface area contributed by atoms with Gasteiger partial charge in [0, 0.05) is 22.5 Å². The van der Waals surface area contributed by atoms with Gasteiger partial charge in [-0.05, 0) is 59.3 Å². The Morgan fingerprint density at radius 2 is 2.11 bits per heavy atom. The summed E-state index contributed by atoms with van der Waals surface area (Å²) in [5.74, 6) is 0. The highest BCUT2D eigenvalue weighted by atomic mass is 79.9. The topological polar surface area (TPSA) is 51.8 Å². The molecule has 0 saturated carbocycles. The second-order valence-electron chi connectivity index (χ2n) is 6.07. The lowest BCUT2D eigenvalue weighted by Crippen LogP contribution is -2.23. The Kier molecular flexibility index (Phi) is 6.62. The summed E-state index contributed by atoms with van der Waals surface area (Å²) in [5, 5.41) is 9.13. The molecule has 4 nitrogen and oxygen atoms in total. The summed E-state index contributed by atoms with van der Waals surface area (Å²) in [7, 11) is 0. The van der Waals surface area contributed by atoms with Crippen LogP contribution in [0.2, 0.25) is 0 Å². The molecule has 8 heteroatoms. The summed E-state index contributed by atoms with van der Waals surface area (Å²) >= 11 is 3.08. The van der Waals surface area contributed by atoms with Crippen LogP contribution in [0.3, 0.4) is 0 Å². The molecular weight excluding hydrogens is 433 g/mol. The van der Waals surface area contributed by atoms with E-state index in [2.05, 4.69) is 39.2 Å². The number of halogens is 4. The molecule has 0 amide bonds. The van der Waals surface area contributed by atoms with Crippen molar-refractivity contribution < 1.29 is 13.2 Å². The van der Waals surface area contributed by atoms with E-state index in [0.717, 1.165) is 11.6 Å². The predicted octanol–water partition coefficient (Wildman–Crippen LogP) is 5.92. The lowest BCUT2D eigenvalue weighted by atomic mass is 9.96.